The van der Waals surface area contributed by atoms with Gasteiger partial charge < -0.3 is 15.0 Å². The largest absolute Gasteiger partial charge is 0.539 e. The Morgan fingerprint density at radius 3 is 2.69 bits per heavy atom. The van der Waals surface area contributed by atoms with Crippen LogP contribution in [0.2, 0.25) is 0 Å². The maximum absolute atomic E-state index is 10.6. The number of aliphatic hydroxyl groups excluding tert-OH is 1. The summed E-state index contributed by atoms with van der Waals surface area (Å²) in [6, 6.07) is 0. The fraction of sp³-hybridized carbons (Fsp3) is 0.500. The Labute approximate surface area is 80.1 Å². The molecule has 1 N–H and O–H groups in total. The van der Waals surface area contributed by atoms with Gasteiger partial charge in [0.2, 0.25) is 0 Å². The third kappa shape index (κ3) is 1.87. The topological polar surface area (TPSA) is 64.2 Å². The molecule has 0 bridgehead atoms. The molecule has 0 unspecified atom stereocenters. The maximum atomic E-state index is 10.6. The van der Waals surface area contributed by atoms with Crippen LogP contribution in [-0.4, -0.2) is 17.7 Å². The van der Waals surface area contributed by atoms with E-state index in [9.17, 15) is 9.90 Å². The standard InChI is InChI=1S/C8H11NO3S/c1-5-6(3-4-10)13-7(8(11)12)9(5)2/h10H,3-4H2,1-2H3. The summed E-state index contributed by atoms with van der Waals surface area (Å²) in [4.78, 5) is 11.5. The van der Waals surface area contributed by atoms with Gasteiger partial charge in [-0.1, -0.05) is 11.3 Å². The molecular formula is C8H11NO3S. The summed E-state index contributed by atoms with van der Waals surface area (Å²) in [6.07, 6.45) is 0.498. The van der Waals surface area contributed by atoms with Crippen molar-refractivity contribution in [2.24, 2.45) is 7.05 Å². The van der Waals surface area contributed by atoms with Crippen molar-refractivity contribution in [2.45, 2.75) is 13.3 Å². The van der Waals surface area contributed by atoms with Gasteiger partial charge in [-0.3, -0.25) is 0 Å². The van der Waals surface area contributed by atoms with Crippen molar-refractivity contribution in [3.05, 3.63) is 15.6 Å². The lowest BCUT2D eigenvalue weighted by Gasteiger charge is -1.92. The predicted octanol–water partition coefficient (Wildman–Crippen LogP) is -1.22. The van der Waals surface area contributed by atoms with Gasteiger partial charge in [-0.2, -0.15) is 4.57 Å². The SMILES string of the molecule is Cc1c(CCO)sc(C(=O)[O-])[n+]1C. The molecule has 72 valence electrons. The maximum Gasteiger partial charge on any atom is 0.285 e. The van der Waals surface area contributed by atoms with Gasteiger partial charge in [-0.05, 0) is 0 Å². The Hall–Kier alpha value is -0.940. The second kappa shape index (κ2) is 3.85. The Balaban J connectivity index is 3.12. The molecule has 0 spiro atoms. The highest BCUT2D eigenvalue weighted by atomic mass is 32.1. The average Bonchev–Trinajstić information content (AvgIpc) is 2.33. The Bertz CT molecular complexity index is 332. The summed E-state index contributed by atoms with van der Waals surface area (Å²) in [5, 5.41) is 19.5. The molecule has 0 aliphatic rings. The molecule has 1 aromatic heterocycles. The molecule has 0 radical (unpaired) electrons. The van der Waals surface area contributed by atoms with E-state index in [-0.39, 0.29) is 11.6 Å². The first-order valence-electron chi connectivity index (χ1n) is 3.88. The van der Waals surface area contributed by atoms with Crippen LogP contribution in [-0.2, 0) is 13.5 Å². The zero-order valence-electron chi connectivity index (χ0n) is 7.53. The molecule has 0 fully saturated rings. The molecule has 5 heteroatoms. The lowest BCUT2D eigenvalue weighted by Crippen LogP contribution is -2.40. The first kappa shape index (κ1) is 10.1. The number of aliphatic hydroxyl groups is 1. The monoisotopic (exact) mass is 201 g/mol. The third-order valence-electron chi connectivity index (χ3n) is 1.94. The molecule has 0 amide bonds. The molecule has 0 saturated heterocycles. The highest BCUT2D eigenvalue weighted by Gasteiger charge is 2.19. The molecule has 4 nitrogen and oxygen atoms in total. The van der Waals surface area contributed by atoms with Crippen LogP contribution in [0.4, 0.5) is 0 Å². The van der Waals surface area contributed by atoms with E-state index in [2.05, 4.69) is 0 Å². The third-order valence-corrected chi connectivity index (χ3v) is 3.32. The van der Waals surface area contributed by atoms with Gasteiger partial charge in [0.15, 0.2) is 11.7 Å². The average molecular weight is 201 g/mol. The molecular weight excluding hydrogens is 190 g/mol. The molecule has 0 aliphatic heterocycles. The van der Waals surface area contributed by atoms with Crippen molar-refractivity contribution in [2.75, 3.05) is 6.61 Å². The van der Waals surface area contributed by atoms with Crippen LogP contribution in [0.3, 0.4) is 0 Å². The lowest BCUT2D eigenvalue weighted by molar-refractivity contribution is -0.677. The lowest BCUT2D eigenvalue weighted by atomic mass is 10.3. The molecule has 1 heterocycles. The Morgan fingerprint density at radius 2 is 2.31 bits per heavy atom. The first-order valence-corrected chi connectivity index (χ1v) is 4.70. The van der Waals surface area contributed by atoms with Crippen LogP contribution >= 0.6 is 11.3 Å². The molecule has 0 atom stereocenters. The number of nitrogens with zero attached hydrogens (tertiary/aromatic N) is 1. The van der Waals surface area contributed by atoms with Crippen molar-refractivity contribution in [3.63, 3.8) is 0 Å². The van der Waals surface area contributed by atoms with E-state index in [1.807, 2.05) is 6.92 Å². The number of carbonyl (C=O) groups is 1. The molecule has 1 rings (SSSR count). The van der Waals surface area contributed by atoms with Crippen molar-refractivity contribution < 1.29 is 19.6 Å². The molecule has 0 saturated carbocycles. The highest BCUT2D eigenvalue weighted by Crippen LogP contribution is 2.15. The van der Waals surface area contributed by atoms with E-state index in [4.69, 9.17) is 5.11 Å². The van der Waals surface area contributed by atoms with Crippen LogP contribution in [0.15, 0.2) is 0 Å². The number of rotatable bonds is 3. The van der Waals surface area contributed by atoms with E-state index < -0.39 is 5.97 Å². The highest BCUT2D eigenvalue weighted by molar-refractivity contribution is 7.13. The van der Waals surface area contributed by atoms with Gasteiger partial charge in [-0.15, -0.1) is 0 Å². The molecule has 0 aromatic carbocycles. The van der Waals surface area contributed by atoms with Gasteiger partial charge in [-0.25, -0.2) is 0 Å². The van der Waals surface area contributed by atoms with Gasteiger partial charge in [0.25, 0.3) is 5.01 Å². The molecule has 13 heavy (non-hydrogen) atoms. The molecule has 0 aliphatic carbocycles. The van der Waals surface area contributed by atoms with Crippen molar-refractivity contribution >= 4 is 17.3 Å². The zero-order valence-corrected chi connectivity index (χ0v) is 8.35. The summed E-state index contributed by atoms with van der Waals surface area (Å²) >= 11 is 1.16. The normalized spacial score (nSPS) is 10.4. The summed E-state index contributed by atoms with van der Waals surface area (Å²) < 4.78 is 1.57. The second-order valence-electron chi connectivity index (χ2n) is 2.74. The Morgan fingerprint density at radius 1 is 1.69 bits per heavy atom. The van der Waals surface area contributed by atoms with E-state index in [0.29, 0.717) is 6.42 Å². The fourth-order valence-corrected chi connectivity index (χ4v) is 2.18. The van der Waals surface area contributed by atoms with Crippen molar-refractivity contribution in [3.8, 4) is 0 Å². The Kier molecular flexibility index (Phi) is 3.00. The van der Waals surface area contributed by atoms with E-state index in [1.54, 1.807) is 11.6 Å². The van der Waals surface area contributed by atoms with Crippen molar-refractivity contribution in [1.29, 1.82) is 0 Å². The van der Waals surface area contributed by atoms with Crippen LogP contribution in [0.5, 0.6) is 0 Å². The summed E-state index contributed by atoms with van der Waals surface area (Å²) in [5.41, 5.74) is 0.873. The molecule has 1 aromatic rings. The first-order chi connectivity index (χ1) is 6.07. The van der Waals surface area contributed by atoms with E-state index >= 15 is 0 Å². The van der Waals surface area contributed by atoms with Gasteiger partial charge in [0.1, 0.15) is 7.05 Å². The summed E-state index contributed by atoms with van der Waals surface area (Å²) in [5.74, 6) is -1.17. The number of hydrogen-bond acceptors (Lipinski definition) is 4. The van der Waals surface area contributed by atoms with Crippen LogP contribution in [0.25, 0.3) is 0 Å². The number of thiazole rings is 1. The fourth-order valence-electron chi connectivity index (χ4n) is 1.11. The van der Waals surface area contributed by atoms with E-state index in [0.717, 1.165) is 21.9 Å². The van der Waals surface area contributed by atoms with Gasteiger partial charge >= 0.3 is 0 Å². The number of hydrogen-bond donors (Lipinski definition) is 1. The number of carboxylic acid groups (broad SMARTS) is 1. The number of aromatic nitrogens is 1. The van der Waals surface area contributed by atoms with Gasteiger partial charge in [0.05, 0.1) is 4.88 Å². The number of carbonyl (C=O) groups excluding carboxylic acids is 1. The van der Waals surface area contributed by atoms with E-state index in [1.165, 1.54) is 0 Å². The smallest absolute Gasteiger partial charge is 0.285 e. The zero-order chi connectivity index (χ0) is 10.0. The predicted molar refractivity (Wildman–Crippen MR) is 45.4 cm³/mol. The minimum atomic E-state index is -1.17. The number of aromatic carboxylic acids is 1. The number of carboxylic acids is 1. The van der Waals surface area contributed by atoms with Crippen LogP contribution < -0.4 is 9.67 Å². The quantitative estimate of drug-likeness (QED) is 0.623. The summed E-state index contributed by atoms with van der Waals surface area (Å²) in [6.45, 7) is 1.86. The minimum absolute atomic E-state index is 0.0356. The minimum Gasteiger partial charge on any atom is -0.539 e. The van der Waals surface area contributed by atoms with Crippen LogP contribution in [0, 0.1) is 6.92 Å². The van der Waals surface area contributed by atoms with Gasteiger partial charge in [0, 0.05) is 20.0 Å². The van der Waals surface area contributed by atoms with Crippen molar-refractivity contribution in [1.82, 2.24) is 0 Å². The second-order valence-corrected chi connectivity index (χ2v) is 3.82. The van der Waals surface area contributed by atoms with Crippen LogP contribution in [0.1, 0.15) is 20.4 Å². The summed E-state index contributed by atoms with van der Waals surface area (Å²) in [7, 11) is 1.68.